The lowest BCUT2D eigenvalue weighted by atomic mass is 9.90. The second-order valence-corrected chi connectivity index (χ2v) is 6.62. The SMILES string of the molecule is COc1cc(C)ccc1Oc1ccc(NC(=O)C2(N)CCOCC2)cc1F. The number of benzene rings is 2. The van der Waals surface area contributed by atoms with Crippen LogP contribution in [-0.4, -0.2) is 31.8 Å². The Balaban J connectivity index is 1.73. The molecule has 2 aromatic carbocycles. The van der Waals surface area contributed by atoms with Crippen LogP contribution in [0.25, 0.3) is 0 Å². The zero-order valence-corrected chi connectivity index (χ0v) is 15.4. The molecule has 1 aliphatic rings. The predicted molar refractivity (Wildman–Crippen MR) is 99.8 cm³/mol. The van der Waals surface area contributed by atoms with Crippen molar-refractivity contribution in [3.05, 3.63) is 47.8 Å². The zero-order chi connectivity index (χ0) is 19.4. The van der Waals surface area contributed by atoms with Gasteiger partial charge in [-0.05, 0) is 49.6 Å². The first kappa shape index (κ1) is 19.1. The lowest BCUT2D eigenvalue weighted by Crippen LogP contribution is -2.54. The van der Waals surface area contributed by atoms with Gasteiger partial charge < -0.3 is 25.3 Å². The van der Waals surface area contributed by atoms with Crippen LogP contribution >= 0.6 is 0 Å². The molecule has 3 rings (SSSR count). The van der Waals surface area contributed by atoms with Gasteiger partial charge in [0.05, 0.1) is 7.11 Å². The van der Waals surface area contributed by atoms with E-state index in [9.17, 15) is 9.18 Å². The first-order valence-electron chi connectivity index (χ1n) is 8.71. The monoisotopic (exact) mass is 374 g/mol. The number of nitrogens with two attached hydrogens (primary N) is 1. The third-order valence-corrected chi connectivity index (χ3v) is 4.57. The highest BCUT2D eigenvalue weighted by Gasteiger charge is 2.36. The molecule has 0 spiro atoms. The minimum atomic E-state index is -1.00. The molecule has 1 aliphatic heterocycles. The van der Waals surface area contributed by atoms with E-state index in [2.05, 4.69) is 5.32 Å². The summed E-state index contributed by atoms with van der Waals surface area (Å²) in [6.45, 7) is 2.79. The standard InChI is InChI=1S/C20H23FN2O4/c1-13-3-5-17(18(11-13)25-2)27-16-6-4-14(12-15(16)21)23-19(24)20(22)7-9-26-10-8-20/h3-6,11-12H,7-10,22H2,1-2H3,(H,23,24). The molecule has 144 valence electrons. The quantitative estimate of drug-likeness (QED) is 0.838. The van der Waals surface area contributed by atoms with Crippen LogP contribution < -0.4 is 20.5 Å². The van der Waals surface area contributed by atoms with Crippen LogP contribution in [0.4, 0.5) is 10.1 Å². The van der Waals surface area contributed by atoms with Crippen molar-refractivity contribution in [3.8, 4) is 17.2 Å². The second-order valence-electron chi connectivity index (χ2n) is 6.62. The predicted octanol–water partition coefficient (Wildman–Crippen LogP) is 3.38. The molecule has 0 saturated carbocycles. The minimum Gasteiger partial charge on any atom is -0.493 e. The molecule has 3 N–H and O–H groups in total. The van der Waals surface area contributed by atoms with Crippen LogP contribution in [0, 0.1) is 12.7 Å². The van der Waals surface area contributed by atoms with Crippen molar-refractivity contribution in [2.75, 3.05) is 25.6 Å². The summed E-state index contributed by atoms with van der Waals surface area (Å²) in [6, 6.07) is 9.59. The fraction of sp³-hybridized carbons (Fsp3) is 0.350. The normalized spacial score (nSPS) is 15.9. The Bertz CT molecular complexity index is 835. The van der Waals surface area contributed by atoms with E-state index in [0.717, 1.165) is 5.56 Å². The summed E-state index contributed by atoms with van der Waals surface area (Å²) in [5.41, 5.74) is 6.46. The Morgan fingerprint density at radius 3 is 2.52 bits per heavy atom. The van der Waals surface area contributed by atoms with E-state index in [1.165, 1.54) is 19.2 Å². The van der Waals surface area contributed by atoms with Crippen molar-refractivity contribution in [3.63, 3.8) is 0 Å². The van der Waals surface area contributed by atoms with Gasteiger partial charge >= 0.3 is 0 Å². The molecule has 0 aromatic heterocycles. The molecule has 1 amide bonds. The van der Waals surface area contributed by atoms with Gasteiger partial charge in [0.1, 0.15) is 5.54 Å². The van der Waals surface area contributed by atoms with E-state index in [4.69, 9.17) is 19.9 Å². The van der Waals surface area contributed by atoms with Crippen molar-refractivity contribution in [1.29, 1.82) is 0 Å². The van der Waals surface area contributed by atoms with Gasteiger partial charge in [0.2, 0.25) is 5.91 Å². The van der Waals surface area contributed by atoms with Crippen molar-refractivity contribution < 1.29 is 23.4 Å². The maximum Gasteiger partial charge on any atom is 0.244 e. The summed E-state index contributed by atoms with van der Waals surface area (Å²) in [6.07, 6.45) is 0.853. The van der Waals surface area contributed by atoms with E-state index in [1.54, 1.807) is 18.2 Å². The molecule has 2 aromatic rings. The number of rotatable bonds is 5. The van der Waals surface area contributed by atoms with Gasteiger partial charge in [-0.3, -0.25) is 4.79 Å². The third-order valence-electron chi connectivity index (χ3n) is 4.57. The van der Waals surface area contributed by atoms with Crippen LogP contribution in [0.5, 0.6) is 17.2 Å². The lowest BCUT2D eigenvalue weighted by Gasteiger charge is -2.31. The number of amides is 1. The van der Waals surface area contributed by atoms with Gasteiger partial charge in [0.15, 0.2) is 23.1 Å². The molecule has 0 bridgehead atoms. The van der Waals surface area contributed by atoms with Gasteiger partial charge in [0.25, 0.3) is 0 Å². The third kappa shape index (κ3) is 4.37. The van der Waals surface area contributed by atoms with Gasteiger partial charge in [-0.2, -0.15) is 0 Å². The average molecular weight is 374 g/mol. The molecular formula is C20H23FN2O4. The molecule has 7 heteroatoms. The maximum atomic E-state index is 14.5. The number of hydrogen-bond acceptors (Lipinski definition) is 5. The summed E-state index contributed by atoms with van der Waals surface area (Å²) in [5, 5.41) is 2.67. The van der Waals surface area contributed by atoms with Gasteiger partial charge in [-0.15, -0.1) is 0 Å². The van der Waals surface area contributed by atoms with Crippen LogP contribution in [0.1, 0.15) is 18.4 Å². The minimum absolute atomic E-state index is 0.0312. The number of hydrogen-bond donors (Lipinski definition) is 2. The van der Waals surface area contributed by atoms with E-state index in [-0.39, 0.29) is 11.7 Å². The number of anilines is 1. The van der Waals surface area contributed by atoms with E-state index >= 15 is 0 Å². The number of nitrogens with one attached hydrogen (secondary N) is 1. The van der Waals surface area contributed by atoms with Crippen LogP contribution in [0.3, 0.4) is 0 Å². The summed E-state index contributed by atoms with van der Waals surface area (Å²) < 4.78 is 30.6. The summed E-state index contributed by atoms with van der Waals surface area (Å²) >= 11 is 0. The number of methoxy groups -OCH3 is 1. The Kier molecular flexibility index (Phi) is 5.62. The van der Waals surface area contributed by atoms with Crippen LogP contribution in [-0.2, 0) is 9.53 Å². The molecule has 6 nitrogen and oxygen atoms in total. The zero-order valence-electron chi connectivity index (χ0n) is 15.4. The summed E-state index contributed by atoms with van der Waals surface area (Å²) in [4.78, 5) is 12.4. The van der Waals surface area contributed by atoms with Crippen molar-refractivity contribution in [2.24, 2.45) is 5.73 Å². The van der Waals surface area contributed by atoms with Gasteiger partial charge in [0, 0.05) is 25.0 Å². The van der Waals surface area contributed by atoms with Crippen LogP contribution in [0.15, 0.2) is 36.4 Å². The Labute approximate surface area is 157 Å². The molecule has 0 unspecified atom stereocenters. The fourth-order valence-corrected chi connectivity index (χ4v) is 2.86. The summed E-state index contributed by atoms with van der Waals surface area (Å²) in [5.74, 6) is -0.00509. The largest absolute Gasteiger partial charge is 0.493 e. The highest BCUT2D eigenvalue weighted by Crippen LogP contribution is 2.34. The molecule has 0 aliphatic carbocycles. The summed E-state index contributed by atoms with van der Waals surface area (Å²) in [7, 11) is 1.52. The van der Waals surface area contributed by atoms with Crippen LogP contribution in [0.2, 0.25) is 0 Å². The van der Waals surface area contributed by atoms with Crippen molar-refractivity contribution in [1.82, 2.24) is 0 Å². The molecule has 0 atom stereocenters. The van der Waals surface area contributed by atoms with E-state index in [1.807, 2.05) is 13.0 Å². The number of ether oxygens (including phenoxy) is 3. The van der Waals surface area contributed by atoms with Crippen molar-refractivity contribution in [2.45, 2.75) is 25.3 Å². The van der Waals surface area contributed by atoms with Gasteiger partial charge in [-0.25, -0.2) is 4.39 Å². The molecule has 1 heterocycles. The molecule has 1 fully saturated rings. The highest BCUT2D eigenvalue weighted by molar-refractivity contribution is 5.98. The number of aryl methyl sites for hydroxylation is 1. The molecule has 0 radical (unpaired) electrons. The topological polar surface area (TPSA) is 82.8 Å². The number of halogens is 1. The molecule has 27 heavy (non-hydrogen) atoms. The molecular weight excluding hydrogens is 351 g/mol. The van der Waals surface area contributed by atoms with Gasteiger partial charge in [-0.1, -0.05) is 6.07 Å². The Morgan fingerprint density at radius 2 is 1.85 bits per heavy atom. The smallest absolute Gasteiger partial charge is 0.244 e. The first-order valence-corrected chi connectivity index (χ1v) is 8.71. The Morgan fingerprint density at radius 1 is 1.15 bits per heavy atom. The first-order chi connectivity index (χ1) is 12.9. The fourth-order valence-electron chi connectivity index (χ4n) is 2.86. The average Bonchev–Trinajstić information content (AvgIpc) is 2.65. The van der Waals surface area contributed by atoms with E-state index in [0.29, 0.717) is 43.2 Å². The second kappa shape index (κ2) is 7.94. The van der Waals surface area contributed by atoms with Crippen molar-refractivity contribution >= 4 is 11.6 Å². The maximum absolute atomic E-state index is 14.5. The van der Waals surface area contributed by atoms with E-state index < -0.39 is 11.4 Å². The molecule has 1 saturated heterocycles. The number of carbonyl (C=O) groups is 1. The number of carbonyl (C=O) groups excluding carboxylic acids is 1. The Hall–Kier alpha value is -2.64. The lowest BCUT2D eigenvalue weighted by molar-refractivity contribution is -0.124. The highest BCUT2D eigenvalue weighted by atomic mass is 19.1.